The fourth-order valence-electron chi connectivity index (χ4n) is 2.59. The number of carbonyl (C=O) groups excluding carboxylic acids is 1. The molecule has 0 spiro atoms. The van der Waals surface area contributed by atoms with Gasteiger partial charge in [-0.05, 0) is 37.1 Å². The number of methoxy groups -OCH3 is 1. The van der Waals surface area contributed by atoms with Gasteiger partial charge >= 0.3 is 0 Å². The largest absolute Gasteiger partial charge is 0.497 e. The highest BCUT2D eigenvalue weighted by Gasteiger charge is 2.22. The number of hydrogen-bond donors (Lipinski definition) is 1. The fourth-order valence-corrected chi connectivity index (χ4v) is 2.59. The fraction of sp³-hybridized carbons (Fsp3) is 0.562. The van der Waals surface area contributed by atoms with Crippen molar-refractivity contribution in [2.75, 3.05) is 20.7 Å². The van der Waals surface area contributed by atoms with E-state index in [2.05, 4.69) is 5.32 Å². The minimum atomic E-state index is -0.0132. The number of ether oxygens (including phenoxy) is 1. The van der Waals surface area contributed by atoms with Crippen LogP contribution in [0.3, 0.4) is 0 Å². The summed E-state index contributed by atoms with van der Waals surface area (Å²) in [6.07, 6.45) is 4.48. The molecule has 1 heterocycles. The van der Waals surface area contributed by atoms with E-state index in [0.29, 0.717) is 6.54 Å². The van der Waals surface area contributed by atoms with Crippen LogP contribution in [0, 0.1) is 0 Å². The molecular weight excluding hydrogens is 252 g/mol. The molecule has 1 aliphatic heterocycles. The van der Waals surface area contributed by atoms with Gasteiger partial charge in [0, 0.05) is 13.6 Å². The molecule has 1 atom stereocenters. The van der Waals surface area contributed by atoms with Crippen LogP contribution in [0.5, 0.6) is 5.75 Å². The summed E-state index contributed by atoms with van der Waals surface area (Å²) < 4.78 is 5.14. The topological polar surface area (TPSA) is 41.6 Å². The van der Waals surface area contributed by atoms with E-state index in [4.69, 9.17) is 4.74 Å². The zero-order valence-corrected chi connectivity index (χ0v) is 12.4. The summed E-state index contributed by atoms with van der Waals surface area (Å²) in [5.74, 6) is 1.04. The molecule has 1 fully saturated rings. The van der Waals surface area contributed by atoms with Crippen molar-refractivity contribution in [2.24, 2.45) is 0 Å². The molecule has 0 saturated carbocycles. The lowest BCUT2D eigenvalue weighted by Gasteiger charge is -2.23. The molecule has 1 N–H and O–H groups in total. The lowest BCUT2D eigenvalue weighted by Crippen LogP contribution is -2.44. The Morgan fingerprint density at radius 2 is 2.05 bits per heavy atom. The lowest BCUT2D eigenvalue weighted by molar-refractivity contribution is -0.132. The van der Waals surface area contributed by atoms with Crippen molar-refractivity contribution in [2.45, 2.75) is 38.3 Å². The van der Waals surface area contributed by atoms with Crippen molar-refractivity contribution in [3.05, 3.63) is 29.8 Å². The molecule has 110 valence electrons. The summed E-state index contributed by atoms with van der Waals surface area (Å²) in [4.78, 5) is 14.2. The molecule has 0 bridgehead atoms. The van der Waals surface area contributed by atoms with Gasteiger partial charge in [0.1, 0.15) is 5.75 Å². The van der Waals surface area contributed by atoms with E-state index in [1.54, 1.807) is 7.11 Å². The third-order valence-electron chi connectivity index (χ3n) is 3.81. The number of rotatable bonds is 4. The van der Waals surface area contributed by atoms with Gasteiger partial charge in [-0.15, -0.1) is 0 Å². The maximum atomic E-state index is 12.4. The Morgan fingerprint density at radius 1 is 1.30 bits per heavy atom. The van der Waals surface area contributed by atoms with E-state index in [-0.39, 0.29) is 11.9 Å². The second-order valence-corrected chi connectivity index (χ2v) is 5.40. The second kappa shape index (κ2) is 7.29. The molecule has 20 heavy (non-hydrogen) atoms. The third-order valence-corrected chi connectivity index (χ3v) is 3.81. The maximum Gasteiger partial charge on any atom is 0.239 e. The average molecular weight is 276 g/mol. The summed E-state index contributed by atoms with van der Waals surface area (Å²) in [5.41, 5.74) is 1.12. The van der Waals surface area contributed by atoms with Gasteiger partial charge in [-0.1, -0.05) is 25.0 Å². The van der Waals surface area contributed by atoms with Gasteiger partial charge in [-0.3, -0.25) is 4.79 Å². The molecular formula is C16H24N2O2. The standard InChI is InChI=1S/C16H24N2O2/c1-18(12-13-7-9-14(20-2)10-8-13)16(19)15-6-4-3-5-11-17-15/h7-10,15,17H,3-6,11-12H2,1-2H3. The first-order chi connectivity index (χ1) is 9.70. The van der Waals surface area contributed by atoms with E-state index >= 15 is 0 Å². The van der Waals surface area contributed by atoms with E-state index in [9.17, 15) is 4.79 Å². The molecule has 4 nitrogen and oxygen atoms in total. The SMILES string of the molecule is COc1ccc(CN(C)C(=O)C2CCCCCN2)cc1. The monoisotopic (exact) mass is 276 g/mol. The van der Waals surface area contributed by atoms with Crippen LogP contribution < -0.4 is 10.1 Å². The van der Waals surface area contributed by atoms with Crippen LogP contribution in [0.1, 0.15) is 31.2 Å². The zero-order chi connectivity index (χ0) is 14.4. The Balaban J connectivity index is 1.92. The summed E-state index contributed by atoms with van der Waals surface area (Å²) >= 11 is 0. The Kier molecular flexibility index (Phi) is 5.41. The van der Waals surface area contributed by atoms with Crippen molar-refractivity contribution in [3.63, 3.8) is 0 Å². The van der Waals surface area contributed by atoms with E-state index in [1.807, 2.05) is 36.2 Å². The first-order valence-electron chi connectivity index (χ1n) is 7.32. The molecule has 1 aromatic carbocycles. The lowest BCUT2D eigenvalue weighted by atomic mass is 10.1. The van der Waals surface area contributed by atoms with Crippen LogP contribution in [0.4, 0.5) is 0 Å². The highest BCUT2D eigenvalue weighted by Crippen LogP contribution is 2.14. The number of amides is 1. The normalized spacial score (nSPS) is 19.2. The number of nitrogens with zero attached hydrogens (tertiary/aromatic N) is 1. The molecule has 1 aromatic rings. The minimum Gasteiger partial charge on any atom is -0.497 e. The predicted octanol–water partition coefficient (Wildman–Crippen LogP) is 2.19. The van der Waals surface area contributed by atoms with Crippen molar-refractivity contribution >= 4 is 5.91 Å². The summed E-state index contributed by atoms with van der Waals surface area (Å²) in [6.45, 7) is 1.59. The highest BCUT2D eigenvalue weighted by atomic mass is 16.5. The molecule has 2 rings (SSSR count). The number of carbonyl (C=O) groups is 1. The first-order valence-corrected chi connectivity index (χ1v) is 7.32. The number of hydrogen-bond acceptors (Lipinski definition) is 3. The predicted molar refractivity (Wildman–Crippen MR) is 79.7 cm³/mol. The van der Waals surface area contributed by atoms with Crippen LogP contribution in [0.25, 0.3) is 0 Å². The van der Waals surface area contributed by atoms with Crippen LogP contribution >= 0.6 is 0 Å². The minimum absolute atomic E-state index is 0.0132. The summed E-state index contributed by atoms with van der Waals surface area (Å²) in [7, 11) is 3.53. The molecule has 0 aromatic heterocycles. The van der Waals surface area contributed by atoms with Crippen molar-refractivity contribution < 1.29 is 9.53 Å². The van der Waals surface area contributed by atoms with Gasteiger partial charge < -0.3 is 15.0 Å². The van der Waals surface area contributed by atoms with Crippen LogP contribution in [0.15, 0.2) is 24.3 Å². The summed E-state index contributed by atoms with van der Waals surface area (Å²) in [5, 5.41) is 3.36. The number of benzene rings is 1. The first kappa shape index (κ1) is 14.9. The van der Waals surface area contributed by atoms with Gasteiger partial charge in [0.15, 0.2) is 0 Å². The average Bonchev–Trinajstić information content (AvgIpc) is 2.76. The number of nitrogens with one attached hydrogen (secondary N) is 1. The Labute approximate surface area is 121 Å². The van der Waals surface area contributed by atoms with Gasteiger partial charge in [0.05, 0.1) is 13.2 Å². The second-order valence-electron chi connectivity index (χ2n) is 5.40. The maximum absolute atomic E-state index is 12.4. The van der Waals surface area contributed by atoms with Crippen molar-refractivity contribution in [3.8, 4) is 5.75 Å². The van der Waals surface area contributed by atoms with Crippen LogP contribution in [-0.2, 0) is 11.3 Å². The highest BCUT2D eigenvalue weighted by molar-refractivity contribution is 5.81. The Bertz CT molecular complexity index is 423. The Morgan fingerprint density at radius 3 is 2.75 bits per heavy atom. The Hall–Kier alpha value is -1.55. The van der Waals surface area contributed by atoms with Gasteiger partial charge in [0.25, 0.3) is 0 Å². The molecule has 4 heteroatoms. The van der Waals surface area contributed by atoms with Crippen molar-refractivity contribution in [1.29, 1.82) is 0 Å². The third kappa shape index (κ3) is 3.97. The molecule has 1 amide bonds. The van der Waals surface area contributed by atoms with E-state index in [1.165, 1.54) is 12.8 Å². The van der Waals surface area contributed by atoms with Gasteiger partial charge in [0.2, 0.25) is 5.91 Å². The zero-order valence-electron chi connectivity index (χ0n) is 12.4. The number of likely N-dealkylation sites (N-methyl/N-ethyl adjacent to an activating group) is 1. The van der Waals surface area contributed by atoms with Crippen molar-refractivity contribution in [1.82, 2.24) is 10.2 Å². The van der Waals surface area contributed by atoms with E-state index in [0.717, 1.165) is 30.7 Å². The molecule has 1 saturated heterocycles. The molecule has 0 aliphatic carbocycles. The van der Waals surface area contributed by atoms with Crippen LogP contribution in [0.2, 0.25) is 0 Å². The van der Waals surface area contributed by atoms with Crippen LogP contribution in [-0.4, -0.2) is 37.6 Å². The van der Waals surface area contributed by atoms with Gasteiger partial charge in [-0.2, -0.15) is 0 Å². The summed E-state index contributed by atoms with van der Waals surface area (Å²) in [6, 6.07) is 7.85. The van der Waals surface area contributed by atoms with Gasteiger partial charge in [-0.25, -0.2) is 0 Å². The molecule has 1 aliphatic rings. The molecule has 0 radical (unpaired) electrons. The molecule has 1 unspecified atom stereocenters. The smallest absolute Gasteiger partial charge is 0.239 e. The van der Waals surface area contributed by atoms with E-state index < -0.39 is 0 Å². The quantitative estimate of drug-likeness (QED) is 0.916.